The third-order valence-electron chi connectivity index (χ3n) is 5.07. The van der Waals surface area contributed by atoms with E-state index in [1.165, 1.54) is 55.6 Å². The van der Waals surface area contributed by atoms with Gasteiger partial charge >= 0.3 is 0 Å². The Morgan fingerprint density at radius 1 is 1.12 bits per heavy atom. The lowest BCUT2D eigenvalue weighted by molar-refractivity contribution is 0.194. The Morgan fingerprint density at radius 2 is 1.83 bits per heavy atom. The summed E-state index contributed by atoms with van der Waals surface area (Å²) in [5, 5.41) is 3.94. The summed E-state index contributed by atoms with van der Waals surface area (Å²) >= 11 is 0. The third kappa shape index (κ3) is 4.22. The highest BCUT2D eigenvalue weighted by Crippen LogP contribution is 2.26. The van der Waals surface area contributed by atoms with Crippen molar-refractivity contribution < 1.29 is 0 Å². The number of nitrogens with zero attached hydrogens (tertiary/aromatic N) is 2. The molecule has 0 amide bonds. The largest absolute Gasteiger partial charge is 0.303 e. The summed E-state index contributed by atoms with van der Waals surface area (Å²) in [5.41, 5.74) is 4.02. The number of likely N-dealkylation sites (tertiary alicyclic amines) is 1. The molecule has 1 N–H and O–H groups in total. The van der Waals surface area contributed by atoms with Gasteiger partial charge in [-0.15, -0.1) is 0 Å². The topological polar surface area (TPSA) is 28.2 Å². The molecule has 2 aromatic rings. The van der Waals surface area contributed by atoms with Crippen LogP contribution in [0.5, 0.6) is 0 Å². The molecule has 1 atom stereocenters. The maximum absolute atomic E-state index is 4.19. The zero-order chi connectivity index (χ0) is 16.8. The second-order valence-electron chi connectivity index (χ2n) is 6.85. The molecule has 24 heavy (non-hydrogen) atoms. The average molecular weight is 323 g/mol. The van der Waals surface area contributed by atoms with Gasteiger partial charge in [-0.05, 0) is 74.6 Å². The fraction of sp³-hybridized carbons (Fsp3) is 0.476. The summed E-state index contributed by atoms with van der Waals surface area (Å²) in [6.45, 7) is 8.13. The van der Waals surface area contributed by atoms with Gasteiger partial charge in [0.25, 0.3) is 0 Å². The van der Waals surface area contributed by atoms with E-state index >= 15 is 0 Å². The Kier molecular flexibility index (Phi) is 6.00. The molecule has 0 aliphatic carbocycles. The molecule has 3 rings (SSSR count). The van der Waals surface area contributed by atoms with Gasteiger partial charge in [0.2, 0.25) is 0 Å². The predicted molar refractivity (Wildman–Crippen MR) is 100 cm³/mol. The number of hydrogen-bond donors (Lipinski definition) is 1. The normalized spacial score (nSPS) is 17.8. The van der Waals surface area contributed by atoms with E-state index in [-0.39, 0.29) is 6.04 Å². The van der Waals surface area contributed by atoms with Gasteiger partial charge in [-0.1, -0.05) is 31.2 Å². The molecule has 0 unspecified atom stereocenters. The molecular weight excluding hydrogens is 294 g/mol. The lowest BCUT2D eigenvalue weighted by Crippen LogP contribution is -2.44. The maximum Gasteiger partial charge on any atom is 0.0582 e. The van der Waals surface area contributed by atoms with Crippen LogP contribution < -0.4 is 5.32 Å². The first-order chi connectivity index (χ1) is 11.8. The zero-order valence-corrected chi connectivity index (χ0v) is 14.9. The summed E-state index contributed by atoms with van der Waals surface area (Å²) in [5.74, 6) is 0. The van der Waals surface area contributed by atoms with Gasteiger partial charge in [-0.2, -0.15) is 0 Å². The zero-order valence-electron chi connectivity index (χ0n) is 14.9. The van der Waals surface area contributed by atoms with E-state index in [1.807, 2.05) is 12.4 Å². The van der Waals surface area contributed by atoms with Gasteiger partial charge in [-0.3, -0.25) is 4.98 Å². The molecule has 1 aromatic heterocycles. The number of piperidine rings is 1. The van der Waals surface area contributed by atoms with Crippen molar-refractivity contribution in [3.05, 3.63) is 65.5 Å². The Bertz CT molecular complexity index is 618. The Balaban J connectivity index is 1.76. The quantitative estimate of drug-likeness (QED) is 0.872. The minimum absolute atomic E-state index is 0.247. The summed E-state index contributed by atoms with van der Waals surface area (Å²) in [4.78, 5) is 6.78. The van der Waals surface area contributed by atoms with Crippen LogP contribution in [-0.4, -0.2) is 35.6 Å². The van der Waals surface area contributed by atoms with Crippen molar-refractivity contribution in [3.63, 3.8) is 0 Å². The Labute approximate surface area is 146 Å². The molecule has 0 spiro atoms. The van der Waals surface area contributed by atoms with Gasteiger partial charge in [0.1, 0.15) is 0 Å². The molecule has 1 aromatic carbocycles. The molecule has 3 heteroatoms. The second kappa shape index (κ2) is 8.41. The smallest absolute Gasteiger partial charge is 0.0582 e. The van der Waals surface area contributed by atoms with Crippen LogP contribution in [-0.2, 0) is 0 Å². The van der Waals surface area contributed by atoms with E-state index in [9.17, 15) is 0 Å². The van der Waals surface area contributed by atoms with Crippen molar-refractivity contribution in [2.45, 2.75) is 45.2 Å². The molecular formula is C21H29N3. The fourth-order valence-electron chi connectivity index (χ4n) is 3.71. The maximum atomic E-state index is 4.19. The van der Waals surface area contributed by atoms with Crippen LogP contribution in [0.1, 0.15) is 48.9 Å². The predicted octanol–water partition coefficient (Wildman–Crippen LogP) is 3.94. The number of aryl methyl sites for hydroxylation is 1. The van der Waals surface area contributed by atoms with Crippen LogP contribution in [0.3, 0.4) is 0 Å². The highest BCUT2D eigenvalue weighted by Gasteiger charge is 2.23. The number of pyridine rings is 1. The lowest BCUT2D eigenvalue weighted by atomic mass is 9.93. The van der Waals surface area contributed by atoms with Crippen molar-refractivity contribution in [1.82, 2.24) is 15.2 Å². The van der Waals surface area contributed by atoms with Crippen LogP contribution in [0.4, 0.5) is 0 Å². The summed E-state index contributed by atoms with van der Waals surface area (Å²) in [6, 6.07) is 13.8. The first-order valence-corrected chi connectivity index (χ1v) is 9.21. The molecule has 3 nitrogen and oxygen atoms in total. The number of aromatic nitrogens is 1. The Morgan fingerprint density at radius 3 is 2.50 bits per heavy atom. The van der Waals surface area contributed by atoms with Crippen LogP contribution in [0.25, 0.3) is 0 Å². The second-order valence-corrected chi connectivity index (χ2v) is 6.85. The Hall–Kier alpha value is -1.71. The molecule has 0 saturated carbocycles. The van der Waals surface area contributed by atoms with E-state index in [2.05, 4.69) is 65.4 Å². The van der Waals surface area contributed by atoms with Gasteiger partial charge < -0.3 is 10.2 Å². The van der Waals surface area contributed by atoms with Crippen molar-refractivity contribution in [3.8, 4) is 0 Å². The molecule has 1 fully saturated rings. The van der Waals surface area contributed by atoms with Crippen LogP contribution >= 0.6 is 0 Å². The standard InChI is InChI=1S/C21H29N3/c1-3-14-24-15-10-19(11-16-24)23-21(18-8-12-22-13-9-18)20-7-5-4-6-17(20)2/h4-9,12-13,19,21,23H,3,10-11,14-16H2,1-2H3/t21-/m1/s1. The summed E-state index contributed by atoms with van der Waals surface area (Å²) in [7, 11) is 0. The minimum Gasteiger partial charge on any atom is -0.303 e. The average Bonchev–Trinajstić information content (AvgIpc) is 2.63. The van der Waals surface area contributed by atoms with Gasteiger partial charge in [0, 0.05) is 18.4 Å². The van der Waals surface area contributed by atoms with Gasteiger partial charge in [0.15, 0.2) is 0 Å². The summed E-state index contributed by atoms with van der Waals surface area (Å²) in [6.07, 6.45) is 7.50. The van der Waals surface area contributed by atoms with Crippen molar-refractivity contribution in [2.75, 3.05) is 19.6 Å². The fourth-order valence-corrected chi connectivity index (χ4v) is 3.71. The molecule has 2 heterocycles. The van der Waals surface area contributed by atoms with E-state index < -0.39 is 0 Å². The molecule has 1 aliphatic rings. The minimum atomic E-state index is 0.247. The number of hydrogen-bond acceptors (Lipinski definition) is 3. The third-order valence-corrected chi connectivity index (χ3v) is 5.07. The molecule has 128 valence electrons. The molecule has 0 radical (unpaired) electrons. The number of nitrogens with one attached hydrogen (secondary N) is 1. The lowest BCUT2D eigenvalue weighted by Gasteiger charge is -2.35. The first-order valence-electron chi connectivity index (χ1n) is 9.21. The van der Waals surface area contributed by atoms with E-state index in [1.54, 1.807) is 0 Å². The van der Waals surface area contributed by atoms with Crippen LogP contribution in [0.2, 0.25) is 0 Å². The molecule has 1 aliphatic heterocycles. The van der Waals surface area contributed by atoms with Crippen molar-refractivity contribution in [2.24, 2.45) is 0 Å². The van der Waals surface area contributed by atoms with Crippen molar-refractivity contribution >= 4 is 0 Å². The highest BCUT2D eigenvalue weighted by atomic mass is 15.1. The highest BCUT2D eigenvalue weighted by molar-refractivity contribution is 5.36. The molecule has 1 saturated heterocycles. The number of benzene rings is 1. The number of rotatable bonds is 6. The monoisotopic (exact) mass is 323 g/mol. The van der Waals surface area contributed by atoms with E-state index in [0.717, 1.165) is 0 Å². The van der Waals surface area contributed by atoms with Crippen LogP contribution in [0.15, 0.2) is 48.8 Å². The molecule has 0 bridgehead atoms. The van der Waals surface area contributed by atoms with Crippen LogP contribution in [0, 0.1) is 6.92 Å². The SMILES string of the molecule is CCCN1CCC(N[C@H](c2ccncc2)c2ccccc2C)CC1. The van der Waals surface area contributed by atoms with E-state index in [4.69, 9.17) is 0 Å². The van der Waals surface area contributed by atoms with Crippen molar-refractivity contribution in [1.29, 1.82) is 0 Å². The summed E-state index contributed by atoms with van der Waals surface area (Å²) < 4.78 is 0. The first kappa shape index (κ1) is 17.1. The van der Waals surface area contributed by atoms with E-state index in [0.29, 0.717) is 6.04 Å². The van der Waals surface area contributed by atoms with Gasteiger partial charge in [-0.25, -0.2) is 0 Å². The van der Waals surface area contributed by atoms with Gasteiger partial charge in [0.05, 0.1) is 6.04 Å².